The number of nitrogens with two attached hydrogens (primary N) is 1. The lowest BCUT2D eigenvalue weighted by atomic mass is 10.1. The molecule has 1 aromatic carbocycles. The van der Waals surface area contributed by atoms with Gasteiger partial charge in [0.2, 0.25) is 0 Å². The molecule has 0 aliphatic rings. The number of nitrogens with zero attached hydrogens (tertiary/aromatic N) is 1. The van der Waals surface area contributed by atoms with Crippen LogP contribution in [0, 0.1) is 5.92 Å². The minimum Gasteiger partial charge on any atom is -0.373 e. The van der Waals surface area contributed by atoms with E-state index in [1.165, 1.54) is 6.42 Å². The van der Waals surface area contributed by atoms with Crippen LogP contribution in [-0.2, 0) is 0 Å². The highest BCUT2D eigenvalue weighted by Crippen LogP contribution is 2.28. The van der Waals surface area contributed by atoms with Crippen LogP contribution in [0.25, 0.3) is 0 Å². The highest BCUT2D eigenvalue weighted by Gasteiger charge is 2.09. The molecule has 0 aliphatic heterocycles. The molecule has 1 rings (SSSR count). The molecule has 2 nitrogen and oxygen atoms in total. The first kappa shape index (κ1) is 14.3. The molecule has 0 saturated carbocycles. The summed E-state index contributed by atoms with van der Waals surface area (Å²) in [5.41, 5.74) is 7.99. The van der Waals surface area contributed by atoms with E-state index in [0.717, 1.165) is 22.8 Å². The average Bonchev–Trinajstić information content (AvgIpc) is 2.25. The van der Waals surface area contributed by atoms with Crippen molar-refractivity contribution in [2.75, 3.05) is 18.5 Å². The van der Waals surface area contributed by atoms with Crippen molar-refractivity contribution in [1.29, 1.82) is 0 Å². The van der Waals surface area contributed by atoms with Crippen LogP contribution in [0.3, 0.4) is 0 Å². The van der Waals surface area contributed by atoms with Gasteiger partial charge in [0.25, 0.3) is 0 Å². The summed E-state index contributed by atoms with van der Waals surface area (Å²) < 4.78 is 0. The van der Waals surface area contributed by atoms with Crippen LogP contribution in [0.2, 0.25) is 5.02 Å². The van der Waals surface area contributed by atoms with Gasteiger partial charge in [-0.05, 0) is 37.0 Å². The van der Waals surface area contributed by atoms with Crippen molar-refractivity contribution in [3.63, 3.8) is 0 Å². The van der Waals surface area contributed by atoms with Crippen molar-refractivity contribution in [2.24, 2.45) is 11.7 Å². The molecule has 96 valence electrons. The van der Waals surface area contributed by atoms with Crippen LogP contribution in [0.15, 0.2) is 18.2 Å². The van der Waals surface area contributed by atoms with Gasteiger partial charge in [0.15, 0.2) is 0 Å². The highest BCUT2D eigenvalue weighted by molar-refractivity contribution is 6.33. The second-order valence-corrected chi connectivity index (χ2v) is 5.51. The van der Waals surface area contributed by atoms with Crippen LogP contribution >= 0.6 is 11.6 Å². The van der Waals surface area contributed by atoms with Crippen molar-refractivity contribution >= 4 is 17.3 Å². The molecule has 2 N–H and O–H groups in total. The molecule has 1 atom stereocenters. The van der Waals surface area contributed by atoms with Crippen LogP contribution in [0.5, 0.6) is 0 Å². The summed E-state index contributed by atoms with van der Waals surface area (Å²) in [6, 6.07) is 6.11. The maximum Gasteiger partial charge on any atom is 0.0642 e. The molecule has 0 spiro atoms. The largest absolute Gasteiger partial charge is 0.373 e. The summed E-state index contributed by atoms with van der Waals surface area (Å²) in [6.45, 7) is 7.45. The number of hydrogen-bond acceptors (Lipinski definition) is 2. The Bertz CT molecular complexity index is 361. The number of hydrogen-bond donors (Lipinski definition) is 1. The third-order valence-corrected chi connectivity index (χ3v) is 3.25. The van der Waals surface area contributed by atoms with Crippen molar-refractivity contribution < 1.29 is 0 Å². The third kappa shape index (κ3) is 4.21. The van der Waals surface area contributed by atoms with Crippen LogP contribution < -0.4 is 10.6 Å². The van der Waals surface area contributed by atoms with Gasteiger partial charge in [0.1, 0.15) is 0 Å². The molecule has 0 fully saturated rings. The number of benzene rings is 1. The van der Waals surface area contributed by atoms with Gasteiger partial charge in [-0.15, -0.1) is 0 Å². The number of rotatable bonds is 5. The molecule has 1 unspecified atom stereocenters. The Labute approximate surface area is 110 Å². The molecule has 0 saturated heterocycles. The molecular weight excluding hydrogens is 232 g/mol. The second-order valence-electron chi connectivity index (χ2n) is 5.10. The molecule has 0 aromatic heterocycles. The Balaban J connectivity index is 2.77. The van der Waals surface area contributed by atoms with Gasteiger partial charge in [-0.3, -0.25) is 0 Å². The second kappa shape index (κ2) is 6.27. The van der Waals surface area contributed by atoms with Crippen LogP contribution in [0.4, 0.5) is 5.69 Å². The molecule has 1 aromatic rings. The first-order valence-electron chi connectivity index (χ1n) is 6.18. The van der Waals surface area contributed by atoms with Crippen molar-refractivity contribution in [1.82, 2.24) is 0 Å². The summed E-state index contributed by atoms with van der Waals surface area (Å²) in [5, 5.41) is 0.783. The lowest BCUT2D eigenvalue weighted by Crippen LogP contribution is -2.20. The smallest absolute Gasteiger partial charge is 0.0642 e. The predicted octanol–water partition coefficient (Wildman–Crippen LogP) is 3.84. The van der Waals surface area contributed by atoms with Crippen LogP contribution in [0.1, 0.15) is 38.8 Å². The summed E-state index contributed by atoms with van der Waals surface area (Å²) >= 11 is 6.29. The molecule has 17 heavy (non-hydrogen) atoms. The van der Waals surface area contributed by atoms with E-state index in [-0.39, 0.29) is 6.04 Å². The molecule has 3 heteroatoms. The first-order chi connectivity index (χ1) is 7.91. The molecule has 0 heterocycles. The molecule has 0 aliphatic carbocycles. The SMILES string of the molecule is CC(C)CCN(C)c1ccc(C(C)N)cc1Cl. The Morgan fingerprint density at radius 2 is 1.94 bits per heavy atom. The lowest BCUT2D eigenvalue weighted by Gasteiger charge is -2.22. The fourth-order valence-electron chi connectivity index (χ4n) is 1.69. The third-order valence-electron chi connectivity index (χ3n) is 2.95. The van der Waals surface area contributed by atoms with E-state index in [1.54, 1.807) is 0 Å². The van der Waals surface area contributed by atoms with Gasteiger partial charge in [0, 0.05) is 19.6 Å². The minimum absolute atomic E-state index is 0.0301. The fourth-order valence-corrected chi connectivity index (χ4v) is 2.02. The summed E-state index contributed by atoms with van der Waals surface area (Å²) in [7, 11) is 2.08. The van der Waals surface area contributed by atoms with Crippen LogP contribution in [-0.4, -0.2) is 13.6 Å². The van der Waals surface area contributed by atoms with Crippen molar-refractivity contribution in [2.45, 2.75) is 33.2 Å². The Kier molecular flexibility index (Phi) is 5.29. The van der Waals surface area contributed by atoms with Gasteiger partial charge < -0.3 is 10.6 Å². The normalized spacial score (nSPS) is 12.9. The maximum atomic E-state index is 6.29. The Morgan fingerprint density at radius 3 is 2.41 bits per heavy atom. The quantitative estimate of drug-likeness (QED) is 0.865. The van der Waals surface area contributed by atoms with Crippen molar-refractivity contribution in [3.8, 4) is 0 Å². The van der Waals surface area contributed by atoms with E-state index in [2.05, 4.69) is 37.9 Å². The van der Waals surface area contributed by atoms with E-state index in [1.807, 2.05) is 13.0 Å². The zero-order chi connectivity index (χ0) is 13.0. The molecule has 0 radical (unpaired) electrons. The highest BCUT2D eigenvalue weighted by atomic mass is 35.5. The van der Waals surface area contributed by atoms with Crippen molar-refractivity contribution in [3.05, 3.63) is 28.8 Å². The van der Waals surface area contributed by atoms with Gasteiger partial charge in [0.05, 0.1) is 10.7 Å². The summed E-state index contributed by atoms with van der Waals surface area (Å²) in [6.07, 6.45) is 1.17. The van der Waals surface area contributed by atoms with Gasteiger partial charge in [-0.25, -0.2) is 0 Å². The average molecular weight is 255 g/mol. The predicted molar refractivity (Wildman–Crippen MR) is 76.8 cm³/mol. The maximum absolute atomic E-state index is 6.29. The lowest BCUT2D eigenvalue weighted by molar-refractivity contribution is 0.585. The minimum atomic E-state index is 0.0301. The van der Waals surface area contributed by atoms with E-state index < -0.39 is 0 Å². The Morgan fingerprint density at radius 1 is 1.29 bits per heavy atom. The topological polar surface area (TPSA) is 29.3 Å². The first-order valence-corrected chi connectivity index (χ1v) is 6.55. The standard InChI is InChI=1S/C14H23ClN2/c1-10(2)7-8-17(4)14-6-5-12(11(3)16)9-13(14)15/h5-6,9-11H,7-8,16H2,1-4H3. The summed E-state index contributed by atoms with van der Waals surface area (Å²) in [4.78, 5) is 2.20. The van der Waals surface area contributed by atoms with E-state index in [4.69, 9.17) is 17.3 Å². The molecule has 0 amide bonds. The monoisotopic (exact) mass is 254 g/mol. The zero-order valence-corrected chi connectivity index (χ0v) is 12.0. The zero-order valence-electron chi connectivity index (χ0n) is 11.2. The van der Waals surface area contributed by atoms with E-state index in [9.17, 15) is 0 Å². The van der Waals surface area contributed by atoms with Gasteiger partial charge in [-0.2, -0.15) is 0 Å². The Hall–Kier alpha value is -0.730. The van der Waals surface area contributed by atoms with E-state index in [0.29, 0.717) is 5.92 Å². The fraction of sp³-hybridized carbons (Fsp3) is 0.571. The number of halogens is 1. The van der Waals surface area contributed by atoms with E-state index >= 15 is 0 Å². The molecular formula is C14H23ClN2. The number of anilines is 1. The van der Waals surface area contributed by atoms with Gasteiger partial charge >= 0.3 is 0 Å². The molecule has 0 bridgehead atoms. The summed E-state index contributed by atoms with van der Waals surface area (Å²) in [5.74, 6) is 0.708. The van der Waals surface area contributed by atoms with Gasteiger partial charge in [-0.1, -0.05) is 31.5 Å².